The molecular formula is C10H8O2. The minimum atomic E-state index is 0.154. The molecule has 0 unspecified atom stereocenters. The zero-order chi connectivity index (χ0) is 8.81. The van der Waals surface area contributed by atoms with Crippen LogP contribution in [0.2, 0.25) is 0 Å². The predicted octanol–water partition coefficient (Wildman–Crippen LogP) is 1.19. The van der Waals surface area contributed by atoms with Crippen LogP contribution in [0.25, 0.3) is 0 Å². The van der Waals surface area contributed by atoms with Gasteiger partial charge in [-0.05, 0) is 5.56 Å². The second-order valence-electron chi connectivity index (χ2n) is 2.41. The first-order valence-corrected chi connectivity index (χ1v) is 3.60. The minimum Gasteiger partial charge on any atom is -0.297 e. The van der Waals surface area contributed by atoms with Crippen molar-refractivity contribution < 1.29 is 9.59 Å². The van der Waals surface area contributed by atoms with E-state index in [9.17, 15) is 9.59 Å². The van der Waals surface area contributed by atoms with Gasteiger partial charge < -0.3 is 0 Å². The summed E-state index contributed by atoms with van der Waals surface area (Å²) in [6, 6.07) is 9.33. The maximum atomic E-state index is 10.2. The van der Waals surface area contributed by atoms with E-state index in [0.717, 1.165) is 5.56 Å². The molecule has 0 heterocycles. The van der Waals surface area contributed by atoms with Crippen LogP contribution in [0.5, 0.6) is 0 Å². The van der Waals surface area contributed by atoms with Gasteiger partial charge >= 0.3 is 0 Å². The number of carbonyl (C=O) groups is 1. The summed E-state index contributed by atoms with van der Waals surface area (Å²) in [5, 5.41) is 0. The fourth-order valence-electron chi connectivity index (χ4n) is 0.918. The average molecular weight is 160 g/mol. The van der Waals surface area contributed by atoms with E-state index in [2.05, 4.69) is 0 Å². The van der Waals surface area contributed by atoms with Gasteiger partial charge in [0.25, 0.3) is 0 Å². The lowest BCUT2D eigenvalue weighted by Crippen LogP contribution is -1.91. The van der Waals surface area contributed by atoms with Crippen LogP contribution in [0.15, 0.2) is 35.9 Å². The first kappa shape index (κ1) is 8.44. The van der Waals surface area contributed by atoms with E-state index in [0.29, 0.717) is 12.7 Å². The number of hydrogen-bond donors (Lipinski definition) is 0. The molecule has 0 atom stereocenters. The highest BCUT2D eigenvalue weighted by atomic mass is 16.1. The molecule has 0 fully saturated rings. The van der Waals surface area contributed by atoms with E-state index in [4.69, 9.17) is 0 Å². The molecule has 0 aliphatic rings. The van der Waals surface area contributed by atoms with Crippen molar-refractivity contribution in [3.63, 3.8) is 0 Å². The van der Waals surface area contributed by atoms with Gasteiger partial charge in [-0.3, -0.25) is 4.79 Å². The monoisotopic (exact) mass is 160 g/mol. The van der Waals surface area contributed by atoms with Crippen LogP contribution in [-0.4, -0.2) is 12.2 Å². The molecule has 0 saturated heterocycles. The van der Waals surface area contributed by atoms with Crippen molar-refractivity contribution in [3.8, 4) is 0 Å². The molecule has 0 spiro atoms. The summed E-state index contributed by atoms with van der Waals surface area (Å²) in [6.07, 6.45) is 0.911. The number of hydrogen-bond acceptors (Lipinski definition) is 2. The number of aldehydes is 1. The number of rotatable bonds is 3. The molecule has 1 aromatic rings. The van der Waals surface area contributed by atoms with Crippen LogP contribution in [0.1, 0.15) is 5.56 Å². The third-order valence-corrected chi connectivity index (χ3v) is 1.51. The zero-order valence-corrected chi connectivity index (χ0v) is 6.49. The number of carbonyl (C=O) groups excluding carboxylic acids is 2. The maximum absolute atomic E-state index is 10.2. The highest BCUT2D eigenvalue weighted by Gasteiger charge is 1.97. The SMILES string of the molecule is O=C=C(C=O)Cc1ccccc1. The van der Waals surface area contributed by atoms with Gasteiger partial charge in [0, 0.05) is 6.42 Å². The van der Waals surface area contributed by atoms with Crippen molar-refractivity contribution in [2.45, 2.75) is 6.42 Å². The topological polar surface area (TPSA) is 34.1 Å². The van der Waals surface area contributed by atoms with Crippen LogP contribution in [0.3, 0.4) is 0 Å². The van der Waals surface area contributed by atoms with Crippen molar-refractivity contribution in [2.24, 2.45) is 0 Å². The summed E-state index contributed by atoms with van der Waals surface area (Å²) >= 11 is 0. The van der Waals surface area contributed by atoms with Crippen molar-refractivity contribution in [1.29, 1.82) is 0 Å². The van der Waals surface area contributed by atoms with E-state index in [-0.39, 0.29) is 5.57 Å². The summed E-state index contributed by atoms with van der Waals surface area (Å²) in [6.45, 7) is 0. The Bertz CT molecular complexity index is 308. The van der Waals surface area contributed by atoms with Gasteiger partial charge in [-0.1, -0.05) is 30.3 Å². The molecule has 0 amide bonds. The maximum Gasteiger partial charge on any atom is 0.157 e. The zero-order valence-electron chi connectivity index (χ0n) is 6.49. The summed E-state index contributed by atoms with van der Waals surface area (Å²) in [5.74, 6) is 1.60. The first-order chi connectivity index (χ1) is 5.86. The summed E-state index contributed by atoms with van der Waals surface area (Å²) in [7, 11) is 0. The van der Waals surface area contributed by atoms with Gasteiger partial charge in [0.15, 0.2) is 6.29 Å². The molecular weight excluding hydrogens is 152 g/mol. The fourth-order valence-corrected chi connectivity index (χ4v) is 0.918. The molecule has 2 nitrogen and oxygen atoms in total. The van der Waals surface area contributed by atoms with Crippen molar-refractivity contribution in [2.75, 3.05) is 0 Å². The molecule has 0 saturated carbocycles. The largest absolute Gasteiger partial charge is 0.297 e. The Labute approximate surface area is 70.5 Å². The second kappa shape index (κ2) is 4.27. The van der Waals surface area contributed by atoms with Crippen LogP contribution < -0.4 is 0 Å². The van der Waals surface area contributed by atoms with Crippen molar-refractivity contribution in [1.82, 2.24) is 0 Å². The van der Waals surface area contributed by atoms with Gasteiger partial charge in [0.1, 0.15) is 5.94 Å². The average Bonchev–Trinajstić information content (AvgIpc) is 2.16. The molecule has 0 radical (unpaired) electrons. The van der Waals surface area contributed by atoms with E-state index >= 15 is 0 Å². The molecule has 0 aliphatic carbocycles. The molecule has 2 heteroatoms. The lowest BCUT2D eigenvalue weighted by atomic mass is 10.1. The highest BCUT2D eigenvalue weighted by Crippen LogP contribution is 2.02. The third kappa shape index (κ3) is 2.19. The van der Waals surface area contributed by atoms with Crippen LogP contribution in [0.4, 0.5) is 0 Å². The van der Waals surface area contributed by atoms with Crippen molar-refractivity contribution >= 4 is 12.2 Å². The molecule has 0 aliphatic heterocycles. The third-order valence-electron chi connectivity index (χ3n) is 1.51. The van der Waals surface area contributed by atoms with E-state index in [1.807, 2.05) is 30.3 Å². The second-order valence-corrected chi connectivity index (χ2v) is 2.41. The Kier molecular flexibility index (Phi) is 3.00. The summed E-state index contributed by atoms with van der Waals surface area (Å²) in [4.78, 5) is 20.4. The lowest BCUT2D eigenvalue weighted by Gasteiger charge is -1.95. The Hall–Kier alpha value is -1.66. The number of allylic oxidation sites excluding steroid dienone is 1. The molecule has 0 bridgehead atoms. The predicted molar refractivity (Wildman–Crippen MR) is 45.4 cm³/mol. The van der Waals surface area contributed by atoms with E-state index in [1.54, 1.807) is 5.94 Å². The minimum absolute atomic E-state index is 0.154. The van der Waals surface area contributed by atoms with Crippen LogP contribution in [-0.2, 0) is 16.0 Å². The highest BCUT2D eigenvalue weighted by molar-refractivity contribution is 5.86. The Morgan fingerprint density at radius 2 is 2.00 bits per heavy atom. The van der Waals surface area contributed by atoms with E-state index < -0.39 is 0 Å². The molecule has 1 aromatic carbocycles. The molecule has 0 aromatic heterocycles. The van der Waals surface area contributed by atoms with Gasteiger partial charge in [0.2, 0.25) is 0 Å². The first-order valence-electron chi connectivity index (χ1n) is 3.60. The van der Waals surface area contributed by atoms with Gasteiger partial charge in [-0.2, -0.15) is 0 Å². The summed E-state index contributed by atoms with van der Waals surface area (Å²) in [5.41, 5.74) is 1.10. The fraction of sp³-hybridized carbons (Fsp3) is 0.100. The quantitative estimate of drug-likeness (QED) is 0.378. The molecule has 60 valence electrons. The van der Waals surface area contributed by atoms with E-state index in [1.165, 1.54) is 0 Å². The molecule has 12 heavy (non-hydrogen) atoms. The van der Waals surface area contributed by atoms with Gasteiger partial charge in [0.05, 0.1) is 5.57 Å². The molecule has 1 rings (SSSR count). The lowest BCUT2D eigenvalue weighted by molar-refractivity contribution is -0.104. The smallest absolute Gasteiger partial charge is 0.157 e. The van der Waals surface area contributed by atoms with Gasteiger partial charge in [-0.15, -0.1) is 0 Å². The van der Waals surface area contributed by atoms with Crippen LogP contribution in [0, 0.1) is 0 Å². The standard InChI is InChI=1S/C10H8O2/c11-7-10(8-12)6-9-4-2-1-3-5-9/h1-5,7H,6H2. The van der Waals surface area contributed by atoms with Crippen LogP contribution >= 0.6 is 0 Å². The Balaban J connectivity index is 2.77. The Morgan fingerprint density at radius 3 is 2.50 bits per heavy atom. The summed E-state index contributed by atoms with van der Waals surface area (Å²) < 4.78 is 0. The normalized spacial score (nSPS) is 8.67. The number of benzene rings is 1. The van der Waals surface area contributed by atoms with Gasteiger partial charge in [-0.25, -0.2) is 4.79 Å². The Morgan fingerprint density at radius 1 is 1.33 bits per heavy atom. The van der Waals surface area contributed by atoms with Crippen molar-refractivity contribution in [3.05, 3.63) is 41.5 Å². The molecule has 0 N–H and O–H groups in total.